The first-order valence-electron chi connectivity index (χ1n) is 2.45. The molecule has 0 saturated heterocycles. The molecule has 1 N–H and O–H groups in total. The molecule has 0 aliphatic heterocycles. The van der Waals surface area contributed by atoms with Crippen molar-refractivity contribution in [2.24, 2.45) is 0 Å². The largest absolute Gasteiger partial charge is 0.506 e. The van der Waals surface area contributed by atoms with E-state index in [1.165, 1.54) is 6.07 Å². The lowest BCUT2D eigenvalue weighted by Crippen LogP contribution is -1.72. The van der Waals surface area contributed by atoms with Crippen molar-refractivity contribution in [3.8, 4) is 5.75 Å². The quantitative estimate of drug-likeness (QED) is 0.723. The van der Waals surface area contributed by atoms with E-state index in [2.05, 4.69) is 31.9 Å². The van der Waals surface area contributed by atoms with Crippen LogP contribution in [-0.4, -0.2) is 5.11 Å². The smallest absolute Gasteiger partial charge is 0.135 e. The third-order valence-electron chi connectivity index (χ3n) is 1.01. The van der Waals surface area contributed by atoms with Crippen LogP contribution < -0.4 is 0 Å². The summed E-state index contributed by atoms with van der Waals surface area (Å²) in [4.78, 5) is 0. The van der Waals surface area contributed by atoms with Gasteiger partial charge in [0.05, 0.1) is 9.50 Å². The molecular weight excluding hydrogens is 283 g/mol. The molecule has 10 heavy (non-hydrogen) atoms. The number of rotatable bonds is 0. The number of hydrogen-bond acceptors (Lipinski definition) is 1. The maximum atomic E-state index is 9.04. The third-order valence-corrected chi connectivity index (χ3v) is 3.64. The van der Waals surface area contributed by atoms with Crippen LogP contribution >= 0.6 is 43.5 Å². The fraction of sp³-hybridized carbons (Fsp3) is 0. The number of benzene rings is 1. The summed E-state index contributed by atoms with van der Waals surface area (Å²) in [6, 6.07) is 3.24. The number of halogens is 3. The molecule has 0 unspecified atom stereocenters. The summed E-state index contributed by atoms with van der Waals surface area (Å²) in [6.07, 6.45) is 0. The predicted molar refractivity (Wildman–Crippen MR) is 48.5 cm³/mol. The third kappa shape index (κ3) is 1.47. The van der Waals surface area contributed by atoms with Gasteiger partial charge in [0.25, 0.3) is 0 Å². The van der Waals surface area contributed by atoms with Gasteiger partial charge < -0.3 is 5.11 Å². The van der Waals surface area contributed by atoms with Crippen LogP contribution in [0.15, 0.2) is 21.1 Å². The molecule has 0 heterocycles. The summed E-state index contributed by atoms with van der Waals surface area (Å²) >= 11 is 12.1. The minimum absolute atomic E-state index is 0.0803. The molecule has 0 amide bonds. The van der Waals surface area contributed by atoms with Crippen LogP contribution in [0.3, 0.4) is 0 Å². The molecule has 0 aliphatic rings. The van der Waals surface area contributed by atoms with Gasteiger partial charge in [-0.3, -0.25) is 0 Å². The molecule has 0 spiro atoms. The molecule has 0 atom stereocenters. The highest BCUT2D eigenvalue weighted by atomic mass is 79.9. The van der Waals surface area contributed by atoms with Crippen molar-refractivity contribution in [1.29, 1.82) is 0 Å². The van der Waals surface area contributed by atoms with Crippen molar-refractivity contribution in [1.82, 2.24) is 0 Å². The standard InChI is InChI=1S/C6H3Br2ClO/c7-3-1-2-4(10)6(9)5(3)8/h1-2,10H. The first-order valence-corrected chi connectivity index (χ1v) is 4.42. The Hall–Kier alpha value is 0.270. The van der Waals surface area contributed by atoms with Gasteiger partial charge in [0.1, 0.15) is 5.75 Å². The molecule has 0 radical (unpaired) electrons. The minimum Gasteiger partial charge on any atom is -0.506 e. The van der Waals surface area contributed by atoms with Crippen LogP contribution in [0.4, 0.5) is 0 Å². The Kier molecular flexibility index (Phi) is 2.61. The zero-order chi connectivity index (χ0) is 7.72. The van der Waals surface area contributed by atoms with Gasteiger partial charge >= 0.3 is 0 Å². The number of aromatic hydroxyl groups is 1. The van der Waals surface area contributed by atoms with Crippen molar-refractivity contribution in [2.45, 2.75) is 0 Å². The van der Waals surface area contributed by atoms with Crippen molar-refractivity contribution in [3.05, 3.63) is 26.1 Å². The lowest BCUT2D eigenvalue weighted by molar-refractivity contribution is 0.475. The summed E-state index contributed by atoms with van der Waals surface area (Å²) in [6.45, 7) is 0. The highest BCUT2D eigenvalue weighted by molar-refractivity contribution is 9.13. The van der Waals surface area contributed by atoms with Gasteiger partial charge in [-0.15, -0.1) is 0 Å². The predicted octanol–water partition coefficient (Wildman–Crippen LogP) is 3.57. The maximum Gasteiger partial charge on any atom is 0.135 e. The van der Waals surface area contributed by atoms with E-state index in [0.717, 1.165) is 4.47 Å². The highest BCUT2D eigenvalue weighted by Gasteiger charge is 2.05. The van der Waals surface area contributed by atoms with Gasteiger partial charge in [0.15, 0.2) is 0 Å². The van der Waals surface area contributed by atoms with Gasteiger partial charge in [-0.1, -0.05) is 11.6 Å². The normalized spacial score (nSPS) is 9.90. The molecule has 1 aromatic carbocycles. The van der Waals surface area contributed by atoms with Gasteiger partial charge in [-0.2, -0.15) is 0 Å². The number of phenols is 1. The Labute approximate surface area is 80.3 Å². The molecule has 4 heteroatoms. The van der Waals surface area contributed by atoms with E-state index in [1.54, 1.807) is 6.07 Å². The van der Waals surface area contributed by atoms with E-state index >= 15 is 0 Å². The molecule has 0 saturated carbocycles. The van der Waals surface area contributed by atoms with E-state index in [4.69, 9.17) is 16.7 Å². The molecule has 0 aliphatic carbocycles. The molecule has 54 valence electrons. The van der Waals surface area contributed by atoms with Crippen molar-refractivity contribution in [3.63, 3.8) is 0 Å². The van der Waals surface area contributed by atoms with Gasteiger partial charge in [-0.25, -0.2) is 0 Å². The Morgan fingerprint density at radius 3 is 2.40 bits per heavy atom. The molecule has 0 fully saturated rings. The monoisotopic (exact) mass is 284 g/mol. The Bertz CT molecular complexity index is 235. The highest BCUT2D eigenvalue weighted by Crippen LogP contribution is 2.36. The summed E-state index contributed by atoms with van der Waals surface area (Å²) in [5.41, 5.74) is 0. The summed E-state index contributed by atoms with van der Waals surface area (Å²) < 4.78 is 1.50. The molecule has 1 rings (SSSR count). The Morgan fingerprint density at radius 1 is 1.30 bits per heavy atom. The lowest BCUT2D eigenvalue weighted by atomic mass is 10.3. The van der Waals surface area contributed by atoms with E-state index < -0.39 is 0 Å². The average Bonchev–Trinajstić information content (AvgIpc) is 1.93. The summed E-state index contributed by atoms with van der Waals surface area (Å²) in [5, 5.41) is 9.37. The Morgan fingerprint density at radius 2 is 1.90 bits per heavy atom. The van der Waals surface area contributed by atoms with Crippen LogP contribution in [0.2, 0.25) is 5.02 Å². The zero-order valence-corrected chi connectivity index (χ0v) is 8.66. The van der Waals surface area contributed by atoms with E-state index in [-0.39, 0.29) is 5.75 Å². The van der Waals surface area contributed by atoms with Crippen LogP contribution in [0.25, 0.3) is 0 Å². The molecule has 0 aromatic heterocycles. The topological polar surface area (TPSA) is 20.2 Å². The fourth-order valence-electron chi connectivity index (χ4n) is 0.516. The summed E-state index contributed by atoms with van der Waals surface area (Å²) in [7, 11) is 0. The van der Waals surface area contributed by atoms with Crippen LogP contribution in [0.5, 0.6) is 5.75 Å². The van der Waals surface area contributed by atoms with Gasteiger partial charge in [0, 0.05) is 4.47 Å². The molecular formula is C6H3Br2ClO. The van der Waals surface area contributed by atoms with Crippen LogP contribution in [0.1, 0.15) is 0 Å². The number of hydrogen-bond donors (Lipinski definition) is 1. The van der Waals surface area contributed by atoms with Crippen LogP contribution in [-0.2, 0) is 0 Å². The zero-order valence-electron chi connectivity index (χ0n) is 4.74. The summed E-state index contributed by atoms with van der Waals surface area (Å²) in [5.74, 6) is 0.0803. The second kappa shape index (κ2) is 3.11. The fourth-order valence-corrected chi connectivity index (χ4v) is 1.46. The Balaban J connectivity index is 3.34. The molecule has 1 nitrogen and oxygen atoms in total. The van der Waals surface area contributed by atoms with Gasteiger partial charge in [-0.05, 0) is 44.0 Å². The van der Waals surface area contributed by atoms with Crippen molar-refractivity contribution < 1.29 is 5.11 Å². The van der Waals surface area contributed by atoms with Crippen molar-refractivity contribution in [2.75, 3.05) is 0 Å². The van der Waals surface area contributed by atoms with E-state index in [1.807, 2.05) is 0 Å². The lowest BCUT2D eigenvalue weighted by Gasteiger charge is -1.99. The van der Waals surface area contributed by atoms with E-state index in [9.17, 15) is 0 Å². The first-order chi connectivity index (χ1) is 4.63. The number of phenolic OH excluding ortho intramolecular Hbond substituents is 1. The molecule has 0 bridgehead atoms. The van der Waals surface area contributed by atoms with Crippen LogP contribution in [0, 0.1) is 0 Å². The maximum absolute atomic E-state index is 9.04. The average molecular weight is 286 g/mol. The SMILES string of the molecule is Oc1ccc(Br)c(Br)c1Cl. The van der Waals surface area contributed by atoms with E-state index in [0.29, 0.717) is 9.50 Å². The second-order valence-electron chi connectivity index (χ2n) is 1.69. The second-order valence-corrected chi connectivity index (χ2v) is 3.72. The molecule has 1 aromatic rings. The van der Waals surface area contributed by atoms with Gasteiger partial charge in [0.2, 0.25) is 0 Å². The van der Waals surface area contributed by atoms with Crippen molar-refractivity contribution >= 4 is 43.5 Å². The first kappa shape index (κ1) is 8.37. The minimum atomic E-state index is 0.0803.